The molecule has 1 aromatic rings. The van der Waals surface area contributed by atoms with Gasteiger partial charge in [0.1, 0.15) is 0 Å². The van der Waals surface area contributed by atoms with Crippen molar-refractivity contribution in [2.24, 2.45) is 0 Å². The monoisotopic (exact) mass is 338 g/mol. The van der Waals surface area contributed by atoms with Gasteiger partial charge in [0.05, 0.1) is 13.7 Å². The highest BCUT2D eigenvalue weighted by Crippen LogP contribution is 2.35. The predicted molar refractivity (Wildman–Crippen MR) is 79.1 cm³/mol. The van der Waals surface area contributed by atoms with Gasteiger partial charge in [-0.15, -0.1) is 0 Å². The lowest BCUT2D eigenvalue weighted by Crippen LogP contribution is -2.04. The first kappa shape index (κ1) is 15.0. The SMILES string of the molecule is CCSCCOc1c(CBr)cc(Cl)cc1OC. The van der Waals surface area contributed by atoms with Gasteiger partial charge in [0.25, 0.3) is 0 Å². The molecular formula is C12H16BrClO2S. The first-order valence-electron chi connectivity index (χ1n) is 5.35. The number of hydrogen-bond donors (Lipinski definition) is 0. The maximum Gasteiger partial charge on any atom is 0.165 e. The van der Waals surface area contributed by atoms with Gasteiger partial charge in [-0.25, -0.2) is 0 Å². The maximum atomic E-state index is 6.00. The van der Waals surface area contributed by atoms with Crippen LogP contribution in [0, 0.1) is 0 Å². The van der Waals surface area contributed by atoms with Crippen LogP contribution >= 0.6 is 39.3 Å². The molecular weight excluding hydrogens is 324 g/mol. The van der Waals surface area contributed by atoms with E-state index in [0.717, 1.165) is 22.8 Å². The Bertz CT molecular complexity index is 335. The van der Waals surface area contributed by atoms with Crippen LogP contribution < -0.4 is 9.47 Å². The number of methoxy groups -OCH3 is 1. The molecule has 96 valence electrons. The average molecular weight is 340 g/mol. The summed E-state index contributed by atoms with van der Waals surface area (Å²) in [7, 11) is 1.62. The molecule has 0 spiro atoms. The van der Waals surface area contributed by atoms with E-state index in [-0.39, 0.29) is 0 Å². The van der Waals surface area contributed by atoms with E-state index in [1.807, 2.05) is 17.8 Å². The standard InChI is InChI=1S/C12H16BrClO2S/c1-3-17-5-4-16-12-9(8-13)6-10(14)7-11(12)15-2/h6-7H,3-5,8H2,1-2H3. The van der Waals surface area contributed by atoms with Gasteiger partial charge in [-0.05, 0) is 11.8 Å². The maximum absolute atomic E-state index is 6.00. The van der Waals surface area contributed by atoms with Gasteiger partial charge in [-0.1, -0.05) is 34.5 Å². The summed E-state index contributed by atoms with van der Waals surface area (Å²) in [6, 6.07) is 3.66. The second-order valence-electron chi connectivity index (χ2n) is 3.28. The van der Waals surface area contributed by atoms with Crippen LogP contribution in [0.5, 0.6) is 11.5 Å². The Morgan fingerprint density at radius 3 is 2.76 bits per heavy atom. The molecule has 0 bridgehead atoms. The Hall–Kier alpha value is -0.0600. The predicted octanol–water partition coefficient (Wildman–Crippen LogP) is 4.38. The minimum atomic E-state index is 0.659. The smallest absolute Gasteiger partial charge is 0.165 e. The lowest BCUT2D eigenvalue weighted by molar-refractivity contribution is 0.311. The van der Waals surface area contributed by atoms with E-state index in [9.17, 15) is 0 Å². The van der Waals surface area contributed by atoms with Gasteiger partial charge in [0, 0.05) is 27.7 Å². The minimum absolute atomic E-state index is 0.659. The summed E-state index contributed by atoms with van der Waals surface area (Å²) in [5.41, 5.74) is 1.01. The van der Waals surface area contributed by atoms with Gasteiger partial charge in [0.2, 0.25) is 0 Å². The van der Waals surface area contributed by atoms with E-state index in [4.69, 9.17) is 21.1 Å². The Kier molecular flexibility index (Phi) is 7.16. The molecule has 1 rings (SSSR count). The summed E-state index contributed by atoms with van der Waals surface area (Å²) in [5, 5.41) is 1.35. The highest BCUT2D eigenvalue weighted by atomic mass is 79.9. The summed E-state index contributed by atoms with van der Waals surface area (Å²) in [6.45, 7) is 2.81. The number of thioether (sulfide) groups is 1. The summed E-state index contributed by atoms with van der Waals surface area (Å²) in [4.78, 5) is 0. The van der Waals surface area contributed by atoms with Crippen LogP contribution in [0.25, 0.3) is 0 Å². The zero-order valence-electron chi connectivity index (χ0n) is 9.96. The van der Waals surface area contributed by atoms with E-state index in [0.29, 0.717) is 22.7 Å². The Balaban J connectivity index is 2.79. The highest BCUT2D eigenvalue weighted by molar-refractivity contribution is 9.08. The van der Waals surface area contributed by atoms with Crippen LogP contribution in [-0.4, -0.2) is 25.2 Å². The van der Waals surface area contributed by atoms with Crippen molar-refractivity contribution in [1.29, 1.82) is 0 Å². The molecule has 0 atom stereocenters. The third-order valence-corrected chi connectivity index (χ3v) is 3.82. The molecule has 0 saturated heterocycles. The van der Waals surface area contributed by atoms with Crippen LogP contribution in [0.3, 0.4) is 0 Å². The van der Waals surface area contributed by atoms with Crippen molar-refractivity contribution in [3.63, 3.8) is 0 Å². The van der Waals surface area contributed by atoms with Crippen LogP contribution in [0.4, 0.5) is 0 Å². The largest absolute Gasteiger partial charge is 0.493 e. The highest BCUT2D eigenvalue weighted by Gasteiger charge is 2.11. The molecule has 2 nitrogen and oxygen atoms in total. The lowest BCUT2D eigenvalue weighted by atomic mass is 10.2. The van der Waals surface area contributed by atoms with E-state index in [1.165, 1.54) is 0 Å². The van der Waals surface area contributed by atoms with Gasteiger partial charge < -0.3 is 9.47 Å². The number of hydrogen-bond acceptors (Lipinski definition) is 3. The fourth-order valence-corrected chi connectivity index (χ4v) is 2.52. The molecule has 17 heavy (non-hydrogen) atoms. The van der Waals surface area contributed by atoms with Crippen molar-refractivity contribution in [1.82, 2.24) is 0 Å². The topological polar surface area (TPSA) is 18.5 Å². The van der Waals surface area contributed by atoms with Crippen molar-refractivity contribution < 1.29 is 9.47 Å². The number of alkyl halides is 1. The third-order valence-electron chi connectivity index (χ3n) is 2.14. The molecule has 0 N–H and O–H groups in total. The molecule has 0 radical (unpaired) electrons. The van der Waals surface area contributed by atoms with Crippen molar-refractivity contribution in [2.75, 3.05) is 25.2 Å². The van der Waals surface area contributed by atoms with Gasteiger partial charge in [-0.2, -0.15) is 11.8 Å². The van der Waals surface area contributed by atoms with Crippen molar-refractivity contribution >= 4 is 39.3 Å². The Morgan fingerprint density at radius 1 is 1.41 bits per heavy atom. The van der Waals surface area contributed by atoms with E-state index < -0.39 is 0 Å². The molecule has 0 aliphatic heterocycles. The minimum Gasteiger partial charge on any atom is -0.493 e. The van der Waals surface area contributed by atoms with E-state index >= 15 is 0 Å². The molecule has 1 aromatic carbocycles. The number of rotatable bonds is 7. The second-order valence-corrected chi connectivity index (χ2v) is 5.67. The normalized spacial score (nSPS) is 10.4. The number of ether oxygens (including phenoxy) is 2. The first-order chi connectivity index (χ1) is 8.22. The molecule has 0 aliphatic carbocycles. The van der Waals surface area contributed by atoms with Crippen molar-refractivity contribution in [3.8, 4) is 11.5 Å². The van der Waals surface area contributed by atoms with Crippen molar-refractivity contribution in [2.45, 2.75) is 12.3 Å². The zero-order chi connectivity index (χ0) is 12.7. The summed E-state index contributed by atoms with van der Waals surface area (Å²) in [6.07, 6.45) is 0. The molecule has 0 aliphatic rings. The molecule has 0 unspecified atom stereocenters. The summed E-state index contributed by atoms with van der Waals surface area (Å²) < 4.78 is 11.1. The molecule has 0 heterocycles. The summed E-state index contributed by atoms with van der Waals surface area (Å²) in [5.74, 6) is 3.55. The van der Waals surface area contributed by atoms with Crippen LogP contribution in [-0.2, 0) is 5.33 Å². The fraction of sp³-hybridized carbons (Fsp3) is 0.500. The Labute approximate surface area is 120 Å². The van der Waals surface area contributed by atoms with E-state index in [1.54, 1.807) is 13.2 Å². The van der Waals surface area contributed by atoms with Crippen LogP contribution in [0.15, 0.2) is 12.1 Å². The number of halogens is 2. The quantitative estimate of drug-likeness (QED) is 0.543. The lowest BCUT2D eigenvalue weighted by Gasteiger charge is -2.14. The molecule has 5 heteroatoms. The van der Waals surface area contributed by atoms with Gasteiger partial charge in [-0.3, -0.25) is 0 Å². The summed E-state index contributed by atoms with van der Waals surface area (Å²) >= 11 is 11.3. The first-order valence-corrected chi connectivity index (χ1v) is 8.01. The molecule has 0 saturated carbocycles. The van der Waals surface area contributed by atoms with Crippen LogP contribution in [0.2, 0.25) is 5.02 Å². The third kappa shape index (κ3) is 4.60. The van der Waals surface area contributed by atoms with E-state index in [2.05, 4.69) is 22.9 Å². The number of benzene rings is 1. The van der Waals surface area contributed by atoms with Crippen LogP contribution in [0.1, 0.15) is 12.5 Å². The van der Waals surface area contributed by atoms with Gasteiger partial charge >= 0.3 is 0 Å². The van der Waals surface area contributed by atoms with Gasteiger partial charge in [0.15, 0.2) is 11.5 Å². The molecule has 0 fully saturated rings. The zero-order valence-corrected chi connectivity index (χ0v) is 13.1. The fourth-order valence-electron chi connectivity index (χ4n) is 1.38. The Morgan fingerprint density at radius 2 is 2.18 bits per heavy atom. The van der Waals surface area contributed by atoms with Crippen molar-refractivity contribution in [3.05, 3.63) is 22.7 Å². The average Bonchev–Trinajstić information content (AvgIpc) is 2.35. The molecule has 0 amide bonds. The second kappa shape index (κ2) is 8.11. The molecule has 0 aromatic heterocycles.